The first-order valence-corrected chi connectivity index (χ1v) is 8.85. The predicted molar refractivity (Wildman–Crippen MR) is 97.9 cm³/mol. The molecule has 2 aromatic carbocycles. The van der Waals surface area contributed by atoms with Crippen molar-refractivity contribution in [3.63, 3.8) is 0 Å². The number of nitrogens with zero attached hydrogens (tertiary/aromatic N) is 2. The van der Waals surface area contributed by atoms with E-state index in [1.807, 2.05) is 30.3 Å². The Bertz CT molecular complexity index is 779. The Labute approximate surface area is 153 Å². The zero-order valence-corrected chi connectivity index (χ0v) is 14.9. The lowest BCUT2D eigenvalue weighted by Gasteiger charge is -2.20. The van der Waals surface area contributed by atoms with Gasteiger partial charge in [0.05, 0.1) is 0 Å². The van der Waals surface area contributed by atoms with Gasteiger partial charge in [0.25, 0.3) is 5.91 Å². The van der Waals surface area contributed by atoms with E-state index in [-0.39, 0.29) is 17.7 Å². The zero-order chi connectivity index (χ0) is 18.5. The molecule has 0 spiro atoms. The second-order valence-corrected chi connectivity index (χ2v) is 6.86. The maximum atomic E-state index is 13.3. The van der Waals surface area contributed by atoms with Crippen LogP contribution in [-0.2, 0) is 11.3 Å². The fraction of sp³-hybridized carbons (Fsp3) is 0.333. The molecular formula is C21H23FN2O2. The predicted octanol–water partition coefficient (Wildman–Crippen LogP) is 3.34. The highest BCUT2D eigenvalue weighted by atomic mass is 19.1. The number of rotatable bonds is 5. The summed E-state index contributed by atoms with van der Waals surface area (Å²) >= 11 is 0. The van der Waals surface area contributed by atoms with Gasteiger partial charge in [-0.1, -0.05) is 36.4 Å². The van der Waals surface area contributed by atoms with Crippen LogP contribution in [-0.4, -0.2) is 41.8 Å². The quantitative estimate of drug-likeness (QED) is 0.826. The molecule has 2 aromatic rings. The Morgan fingerprint density at radius 3 is 2.65 bits per heavy atom. The molecule has 1 unspecified atom stereocenters. The summed E-state index contributed by atoms with van der Waals surface area (Å²) in [7, 11) is 1.81. The van der Waals surface area contributed by atoms with Gasteiger partial charge < -0.3 is 9.80 Å². The van der Waals surface area contributed by atoms with Crippen molar-refractivity contribution in [1.29, 1.82) is 0 Å². The highest BCUT2D eigenvalue weighted by Crippen LogP contribution is 2.22. The average Bonchev–Trinajstić information content (AvgIpc) is 3.10. The van der Waals surface area contributed by atoms with E-state index < -0.39 is 5.82 Å². The van der Waals surface area contributed by atoms with Crippen molar-refractivity contribution in [3.8, 4) is 0 Å². The zero-order valence-electron chi connectivity index (χ0n) is 14.9. The van der Waals surface area contributed by atoms with E-state index in [1.54, 1.807) is 22.9 Å². The molecule has 2 amide bonds. The Morgan fingerprint density at radius 2 is 1.92 bits per heavy atom. The van der Waals surface area contributed by atoms with Gasteiger partial charge in [-0.25, -0.2) is 4.39 Å². The molecular weight excluding hydrogens is 331 g/mol. The number of hydrogen-bond acceptors (Lipinski definition) is 2. The Balaban J connectivity index is 1.52. The van der Waals surface area contributed by atoms with Crippen LogP contribution in [0.2, 0.25) is 0 Å². The second-order valence-electron chi connectivity index (χ2n) is 6.86. The van der Waals surface area contributed by atoms with Crippen molar-refractivity contribution in [1.82, 2.24) is 9.80 Å². The first-order chi connectivity index (χ1) is 12.5. The highest BCUT2D eigenvalue weighted by Gasteiger charge is 2.29. The van der Waals surface area contributed by atoms with Crippen molar-refractivity contribution in [2.75, 3.05) is 20.1 Å². The average molecular weight is 354 g/mol. The number of hydrogen-bond donors (Lipinski definition) is 0. The molecule has 136 valence electrons. The SMILES string of the molecule is CN(Cc1ccccc1)C(=O)CC1CCN(C(=O)c2cccc(F)c2)C1. The molecule has 1 aliphatic rings. The minimum absolute atomic E-state index is 0.0823. The summed E-state index contributed by atoms with van der Waals surface area (Å²) in [5.41, 5.74) is 1.45. The van der Waals surface area contributed by atoms with Crippen molar-refractivity contribution in [3.05, 3.63) is 71.5 Å². The fourth-order valence-electron chi connectivity index (χ4n) is 3.34. The lowest BCUT2D eigenvalue weighted by molar-refractivity contribution is -0.131. The molecule has 1 atom stereocenters. The van der Waals surface area contributed by atoms with Crippen LogP contribution in [0, 0.1) is 11.7 Å². The first kappa shape index (κ1) is 18.1. The van der Waals surface area contributed by atoms with Gasteiger partial charge in [0.1, 0.15) is 5.82 Å². The topological polar surface area (TPSA) is 40.6 Å². The van der Waals surface area contributed by atoms with E-state index in [4.69, 9.17) is 0 Å². The minimum atomic E-state index is -0.413. The van der Waals surface area contributed by atoms with Crippen LogP contribution < -0.4 is 0 Å². The van der Waals surface area contributed by atoms with Gasteiger partial charge in [0.15, 0.2) is 0 Å². The maximum Gasteiger partial charge on any atom is 0.253 e. The van der Waals surface area contributed by atoms with Gasteiger partial charge in [-0.3, -0.25) is 9.59 Å². The van der Waals surface area contributed by atoms with Gasteiger partial charge in [-0.05, 0) is 36.1 Å². The molecule has 0 N–H and O–H groups in total. The highest BCUT2D eigenvalue weighted by molar-refractivity contribution is 5.94. The molecule has 1 aliphatic heterocycles. The number of benzene rings is 2. The third-order valence-corrected chi connectivity index (χ3v) is 4.80. The van der Waals surface area contributed by atoms with Gasteiger partial charge in [0, 0.05) is 38.7 Å². The molecule has 3 rings (SSSR count). The molecule has 1 fully saturated rings. The standard InChI is InChI=1S/C21H23FN2O2/c1-23(14-16-6-3-2-4-7-16)20(25)12-17-10-11-24(15-17)21(26)18-8-5-9-19(22)13-18/h2-9,13,17H,10-12,14-15H2,1H3. The van der Waals surface area contributed by atoms with E-state index in [0.29, 0.717) is 31.6 Å². The van der Waals surface area contributed by atoms with Gasteiger partial charge in [-0.15, -0.1) is 0 Å². The summed E-state index contributed by atoms with van der Waals surface area (Å²) in [5.74, 6) is -0.349. The maximum absolute atomic E-state index is 13.3. The van der Waals surface area contributed by atoms with E-state index in [2.05, 4.69) is 0 Å². The number of halogens is 1. The molecule has 1 heterocycles. The molecule has 0 aliphatic carbocycles. The molecule has 4 nitrogen and oxygen atoms in total. The van der Waals surface area contributed by atoms with Crippen LogP contribution in [0.3, 0.4) is 0 Å². The molecule has 26 heavy (non-hydrogen) atoms. The molecule has 1 saturated heterocycles. The van der Waals surface area contributed by atoms with Gasteiger partial charge in [0.2, 0.25) is 5.91 Å². The second kappa shape index (κ2) is 8.13. The van der Waals surface area contributed by atoms with Crippen molar-refractivity contribution in [2.24, 2.45) is 5.92 Å². The third kappa shape index (κ3) is 4.48. The number of likely N-dealkylation sites (tertiary alicyclic amines) is 1. The van der Waals surface area contributed by atoms with Crippen LogP contribution in [0.5, 0.6) is 0 Å². The fourth-order valence-corrected chi connectivity index (χ4v) is 3.34. The van der Waals surface area contributed by atoms with E-state index in [9.17, 15) is 14.0 Å². The molecule has 0 bridgehead atoms. The summed E-state index contributed by atoms with van der Waals surface area (Å²) in [6, 6.07) is 15.6. The number of carbonyl (C=O) groups excluding carboxylic acids is 2. The van der Waals surface area contributed by atoms with E-state index in [1.165, 1.54) is 18.2 Å². The molecule has 0 radical (unpaired) electrons. The van der Waals surface area contributed by atoms with Crippen molar-refractivity contribution in [2.45, 2.75) is 19.4 Å². The van der Waals surface area contributed by atoms with Gasteiger partial charge >= 0.3 is 0 Å². The smallest absolute Gasteiger partial charge is 0.253 e. The monoisotopic (exact) mass is 354 g/mol. The Kier molecular flexibility index (Phi) is 5.66. The number of carbonyl (C=O) groups is 2. The summed E-state index contributed by atoms with van der Waals surface area (Å²) in [6.45, 7) is 1.73. The van der Waals surface area contributed by atoms with Crippen LogP contribution in [0.25, 0.3) is 0 Å². The molecule has 0 aromatic heterocycles. The lowest BCUT2D eigenvalue weighted by atomic mass is 10.0. The van der Waals surface area contributed by atoms with Crippen LogP contribution in [0.1, 0.15) is 28.8 Å². The van der Waals surface area contributed by atoms with E-state index in [0.717, 1.165) is 12.0 Å². The summed E-state index contributed by atoms with van der Waals surface area (Å²) in [4.78, 5) is 28.4. The van der Waals surface area contributed by atoms with Crippen molar-refractivity contribution >= 4 is 11.8 Å². The largest absolute Gasteiger partial charge is 0.341 e. The third-order valence-electron chi connectivity index (χ3n) is 4.80. The first-order valence-electron chi connectivity index (χ1n) is 8.85. The van der Waals surface area contributed by atoms with E-state index >= 15 is 0 Å². The normalized spacial score (nSPS) is 16.5. The summed E-state index contributed by atoms with van der Waals surface area (Å²) < 4.78 is 13.3. The lowest BCUT2D eigenvalue weighted by Crippen LogP contribution is -2.31. The minimum Gasteiger partial charge on any atom is -0.341 e. The van der Waals surface area contributed by atoms with Crippen LogP contribution in [0.15, 0.2) is 54.6 Å². The van der Waals surface area contributed by atoms with Crippen LogP contribution >= 0.6 is 0 Å². The summed E-state index contributed by atoms with van der Waals surface area (Å²) in [5, 5.41) is 0. The number of amides is 2. The Morgan fingerprint density at radius 1 is 1.15 bits per heavy atom. The summed E-state index contributed by atoms with van der Waals surface area (Å²) in [6.07, 6.45) is 1.22. The van der Waals surface area contributed by atoms with Gasteiger partial charge in [-0.2, -0.15) is 0 Å². The van der Waals surface area contributed by atoms with Crippen molar-refractivity contribution < 1.29 is 14.0 Å². The van der Waals surface area contributed by atoms with Crippen LogP contribution in [0.4, 0.5) is 4.39 Å². The molecule has 0 saturated carbocycles. The Hall–Kier alpha value is -2.69. The molecule has 5 heteroatoms.